The lowest BCUT2D eigenvalue weighted by atomic mass is 10.1. The van der Waals surface area contributed by atoms with E-state index in [-0.39, 0.29) is 11.8 Å². The average Bonchev–Trinajstić information content (AvgIpc) is 2.48. The maximum absolute atomic E-state index is 9.49. The Morgan fingerprint density at radius 3 is 2.52 bits per heavy atom. The summed E-state index contributed by atoms with van der Waals surface area (Å²) in [5, 5.41) is 13.0. The molecule has 3 nitrogen and oxygen atoms in total. The number of benzene rings is 2. The van der Waals surface area contributed by atoms with Crippen LogP contribution < -0.4 is 10.1 Å². The van der Waals surface area contributed by atoms with Crippen LogP contribution in [0.1, 0.15) is 24.1 Å². The van der Waals surface area contributed by atoms with Crippen molar-refractivity contribution in [3.63, 3.8) is 0 Å². The number of phenolic OH excluding ortho intramolecular Hbond substituents is 1. The molecule has 0 aromatic heterocycles. The minimum absolute atomic E-state index is 0.208. The van der Waals surface area contributed by atoms with E-state index in [4.69, 9.17) is 4.74 Å². The first-order valence-electron chi connectivity index (χ1n) is 6.55. The number of hydrogen-bond acceptors (Lipinski definition) is 3. The van der Waals surface area contributed by atoms with Crippen molar-refractivity contribution in [2.24, 2.45) is 0 Å². The van der Waals surface area contributed by atoms with Gasteiger partial charge in [-0.3, -0.25) is 0 Å². The monoisotopic (exact) mass is 413 g/mol. The summed E-state index contributed by atoms with van der Waals surface area (Å²) in [6, 6.07) is 11.8. The van der Waals surface area contributed by atoms with E-state index in [0.29, 0.717) is 4.47 Å². The first kappa shape index (κ1) is 16.3. The first-order chi connectivity index (χ1) is 10.0. The minimum Gasteiger partial charge on any atom is -0.507 e. The molecule has 21 heavy (non-hydrogen) atoms. The van der Waals surface area contributed by atoms with Crippen LogP contribution in [0, 0.1) is 0 Å². The van der Waals surface area contributed by atoms with Gasteiger partial charge in [0, 0.05) is 12.6 Å². The molecule has 2 aromatic rings. The fourth-order valence-corrected chi connectivity index (χ4v) is 2.99. The number of halogens is 2. The molecule has 0 heterocycles. The first-order valence-corrected chi connectivity index (χ1v) is 8.14. The molecule has 2 rings (SSSR count). The average molecular weight is 415 g/mol. The van der Waals surface area contributed by atoms with Gasteiger partial charge in [-0.1, -0.05) is 12.1 Å². The third kappa shape index (κ3) is 4.22. The predicted molar refractivity (Wildman–Crippen MR) is 91.8 cm³/mol. The third-order valence-corrected chi connectivity index (χ3v) is 4.56. The summed E-state index contributed by atoms with van der Waals surface area (Å²) in [6.45, 7) is 2.84. The van der Waals surface area contributed by atoms with Crippen LogP contribution in [0.2, 0.25) is 0 Å². The van der Waals surface area contributed by atoms with Gasteiger partial charge in [0.1, 0.15) is 11.5 Å². The zero-order valence-corrected chi connectivity index (χ0v) is 15.0. The SMILES string of the molecule is COc1ccc(C(C)NCc2ccc(O)c(Br)c2)cc1Br. The summed E-state index contributed by atoms with van der Waals surface area (Å²) < 4.78 is 6.89. The number of phenols is 1. The smallest absolute Gasteiger partial charge is 0.133 e. The van der Waals surface area contributed by atoms with Gasteiger partial charge in [-0.15, -0.1) is 0 Å². The second-order valence-corrected chi connectivity index (χ2v) is 6.49. The highest BCUT2D eigenvalue weighted by Gasteiger charge is 2.08. The van der Waals surface area contributed by atoms with Crippen molar-refractivity contribution in [3.8, 4) is 11.5 Å². The Morgan fingerprint density at radius 2 is 1.90 bits per heavy atom. The van der Waals surface area contributed by atoms with Crippen LogP contribution in [0.25, 0.3) is 0 Å². The number of aromatic hydroxyl groups is 1. The zero-order valence-electron chi connectivity index (χ0n) is 11.9. The lowest BCUT2D eigenvalue weighted by Gasteiger charge is -2.16. The topological polar surface area (TPSA) is 41.5 Å². The maximum Gasteiger partial charge on any atom is 0.133 e. The lowest BCUT2D eigenvalue weighted by Crippen LogP contribution is -2.18. The molecule has 0 saturated heterocycles. The Hall–Kier alpha value is -1.04. The van der Waals surface area contributed by atoms with Crippen molar-refractivity contribution in [2.45, 2.75) is 19.5 Å². The van der Waals surface area contributed by atoms with E-state index in [1.54, 1.807) is 13.2 Å². The summed E-state index contributed by atoms with van der Waals surface area (Å²) in [4.78, 5) is 0. The van der Waals surface area contributed by atoms with Crippen LogP contribution in [0.15, 0.2) is 45.3 Å². The second-order valence-electron chi connectivity index (χ2n) is 4.78. The maximum atomic E-state index is 9.49. The van der Waals surface area contributed by atoms with Crippen molar-refractivity contribution in [1.82, 2.24) is 5.32 Å². The lowest BCUT2D eigenvalue weighted by molar-refractivity contribution is 0.411. The van der Waals surface area contributed by atoms with Crippen molar-refractivity contribution in [2.75, 3.05) is 7.11 Å². The fraction of sp³-hybridized carbons (Fsp3) is 0.250. The summed E-state index contributed by atoms with van der Waals surface area (Å²) in [7, 11) is 1.66. The quantitative estimate of drug-likeness (QED) is 0.739. The normalized spacial score (nSPS) is 12.2. The predicted octanol–water partition coefficient (Wildman–Crippen LogP) is 4.78. The molecule has 2 aromatic carbocycles. The Kier molecular flexibility index (Phi) is 5.67. The van der Waals surface area contributed by atoms with Crippen molar-refractivity contribution >= 4 is 31.9 Å². The fourth-order valence-electron chi connectivity index (χ4n) is 2.00. The third-order valence-electron chi connectivity index (χ3n) is 3.30. The van der Waals surface area contributed by atoms with E-state index in [1.807, 2.05) is 24.3 Å². The Bertz CT molecular complexity index is 632. The number of rotatable bonds is 5. The molecule has 0 spiro atoms. The van der Waals surface area contributed by atoms with E-state index in [2.05, 4.69) is 50.2 Å². The van der Waals surface area contributed by atoms with Gasteiger partial charge in [0.05, 0.1) is 16.1 Å². The molecule has 0 aliphatic rings. The molecule has 112 valence electrons. The molecule has 0 radical (unpaired) electrons. The van der Waals surface area contributed by atoms with E-state index in [9.17, 15) is 5.11 Å². The molecular formula is C16H17Br2NO2. The van der Waals surface area contributed by atoms with Gasteiger partial charge in [-0.2, -0.15) is 0 Å². The van der Waals surface area contributed by atoms with E-state index >= 15 is 0 Å². The summed E-state index contributed by atoms with van der Waals surface area (Å²) >= 11 is 6.83. The highest BCUT2D eigenvalue weighted by atomic mass is 79.9. The molecule has 0 aliphatic heterocycles. The summed E-state index contributed by atoms with van der Waals surface area (Å²) in [5.74, 6) is 1.08. The van der Waals surface area contributed by atoms with Gasteiger partial charge in [0.2, 0.25) is 0 Å². The van der Waals surface area contributed by atoms with E-state index < -0.39 is 0 Å². The van der Waals surface area contributed by atoms with Crippen molar-refractivity contribution < 1.29 is 9.84 Å². The van der Waals surface area contributed by atoms with Crippen LogP contribution in [0.4, 0.5) is 0 Å². The Labute approximate surface area is 141 Å². The molecule has 0 amide bonds. The van der Waals surface area contributed by atoms with Gasteiger partial charge in [0.25, 0.3) is 0 Å². The highest BCUT2D eigenvalue weighted by molar-refractivity contribution is 9.10. The standard InChI is InChI=1S/C16H17Br2NO2/c1-10(12-4-6-16(21-2)14(18)8-12)19-9-11-3-5-15(20)13(17)7-11/h3-8,10,19-20H,9H2,1-2H3. The molecule has 0 saturated carbocycles. The number of hydrogen-bond donors (Lipinski definition) is 2. The number of nitrogens with one attached hydrogen (secondary N) is 1. The van der Waals surface area contributed by atoms with Crippen LogP contribution in [-0.2, 0) is 6.54 Å². The van der Waals surface area contributed by atoms with Crippen LogP contribution in [0.3, 0.4) is 0 Å². The Morgan fingerprint density at radius 1 is 1.14 bits per heavy atom. The number of ether oxygens (including phenoxy) is 1. The van der Waals surface area contributed by atoms with Crippen LogP contribution >= 0.6 is 31.9 Å². The van der Waals surface area contributed by atoms with E-state index in [1.165, 1.54) is 5.56 Å². The van der Waals surface area contributed by atoms with Gasteiger partial charge in [-0.25, -0.2) is 0 Å². The minimum atomic E-state index is 0.208. The van der Waals surface area contributed by atoms with Crippen LogP contribution in [-0.4, -0.2) is 12.2 Å². The molecule has 1 unspecified atom stereocenters. The van der Waals surface area contributed by atoms with Crippen molar-refractivity contribution in [1.29, 1.82) is 0 Å². The molecular weight excluding hydrogens is 398 g/mol. The van der Waals surface area contributed by atoms with Gasteiger partial charge in [0.15, 0.2) is 0 Å². The molecule has 0 aliphatic carbocycles. The highest BCUT2D eigenvalue weighted by Crippen LogP contribution is 2.28. The molecule has 1 atom stereocenters. The zero-order chi connectivity index (χ0) is 15.4. The van der Waals surface area contributed by atoms with Gasteiger partial charge in [-0.05, 0) is 74.2 Å². The molecule has 2 N–H and O–H groups in total. The number of methoxy groups -OCH3 is 1. The summed E-state index contributed by atoms with van der Waals surface area (Å²) in [6.07, 6.45) is 0. The largest absolute Gasteiger partial charge is 0.507 e. The molecule has 5 heteroatoms. The molecule has 0 fully saturated rings. The van der Waals surface area contributed by atoms with Gasteiger partial charge >= 0.3 is 0 Å². The van der Waals surface area contributed by atoms with Crippen LogP contribution in [0.5, 0.6) is 11.5 Å². The Balaban J connectivity index is 2.02. The molecule has 0 bridgehead atoms. The van der Waals surface area contributed by atoms with E-state index in [0.717, 1.165) is 22.3 Å². The summed E-state index contributed by atoms with van der Waals surface area (Å²) in [5.41, 5.74) is 2.29. The van der Waals surface area contributed by atoms with Crippen molar-refractivity contribution in [3.05, 3.63) is 56.5 Å². The second kappa shape index (κ2) is 7.29. The van der Waals surface area contributed by atoms with Gasteiger partial charge < -0.3 is 15.2 Å².